The maximum Gasteiger partial charge on any atom is 0.336 e. The van der Waals surface area contributed by atoms with E-state index in [-0.39, 0.29) is 12.0 Å². The van der Waals surface area contributed by atoms with E-state index >= 15 is 0 Å². The topological polar surface area (TPSA) is 61.1 Å². The Balaban J connectivity index is 3.16. The lowest BCUT2D eigenvalue weighted by atomic mass is 10.1. The van der Waals surface area contributed by atoms with Crippen molar-refractivity contribution in [2.45, 2.75) is 6.42 Å². The Morgan fingerprint density at radius 2 is 2.27 bits per heavy atom. The highest BCUT2D eigenvalue weighted by Gasteiger charge is 2.07. The van der Waals surface area contributed by atoms with E-state index in [9.17, 15) is 4.79 Å². The summed E-state index contributed by atoms with van der Waals surface area (Å²) in [6.07, 6.45) is 0.0611. The maximum absolute atomic E-state index is 10.8. The molecule has 0 fully saturated rings. The predicted octanol–water partition coefficient (Wildman–Crippen LogP) is 2.30. The molecule has 0 amide bonds. The molecular weight excluding hydrogens is 214 g/mol. The van der Waals surface area contributed by atoms with Gasteiger partial charge in [0.25, 0.3) is 0 Å². The monoisotopic (exact) mass is 219 g/mol. The molecule has 15 heavy (non-hydrogen) atoms. The van der Waals surface area contributed by atoms with Gasteiger partial charge < -0.3 is 5.11 Å². The highest BCUT2D eigenvalue weighted by molar-refractivity contribution is 6.30. The molecular formula is C11H6ClNO2. The molecule has 3 nitrogen and oxygen atoms in total. The van der Waals surface area contributed by atoms with Gasteiger partial charge in [0.2, 0.25) is 0 Å². The first kappa shape index (κ1) is 11.1. The van der Waals surface area contributed by atoms with Crippen LogP contribution in [0.2, 0.25) is 5.02 Å². The number of halogens is 1. The quantitative estimate of drug-likeness (QED) is 0.738. The van der Waals surface area contributed by atoms with Gasteiger partial charge in [0.1, 0.15) is 0 Å². The standard InChI is InChI=1S/C11H6ClNO2/c12-9-4-5-10(11(14)15)8(7-9)3-1-2-6-13/h4-5,7H,2H2,(H,14,15). The number of hydrogen-bond acceptors (Lipinski definition) is 2. The Morgan fingerprint density at radius 3 is 2.87 bits per heavy atom. The molecule has 0 heterocycles. The molecule has 0 spiro atoms. The van der Waals surface area contributed by atoms with Crippen molar-refractivity contribution in [3.8, 4) is 17.9 Å². The molecule has 1 rings (SSSR count). The molecule has 0 aliphatic carbocycles. The number of carbonyl (C=O) groups is 1. The van der Waals surface area contributed by atoms with Gasteiger partial charge in [-0.15, -0.1) is 0 Å². The van der Waals surface area contributed by atoms with Gasteiger partial charge in [0, 0.05) is 10.6 Å². The van der Waals surface area contributed by atoms with E-state index in [0.717, 1.165) is 0 Å². The SMILES string of the molecule is N#CCC#Cc1cc(Cl)ccc1C(=O)O. The minimum atomic E-state index is -1.06. The molecule has 1 N–H and O–H groups in total. The second-order valence-corrected chi connectivity index (χ2v) is 3.07. The number of carboxylic acid groups (broad SMARTS) is 1. The summed E-state index contributed by atoms with van der Waals surface area (Å²) in [4.78, 5) is 10.8. The molecule has 0 unspecified atom stereocenters. The van der Waals surface area contributed by atoms with Crippen LogP contribution >= 0.6 is 11.6 Å². The van der Waals surface area contributed by atoms with E-state index in [4.69, 9.17) is 22.0 Å². The molecule has 0 bridgehead atoms. The molecule has 0 saturated heterocycles. The van der Waals surface area contributed by atoms with Gasteiger partial charge in [-0.05, 0) is 18.2 Å². The average Bonchev–Trinajstić information content (AvgIpc) is 2.18. The van der Waals surface area contributed by atoms with Crippen molar-refractivity contribution in [1.29, 1.82) is 5.26 Å². The number of aromatic carboxylic acids is 1. The minimum absolute atomic E-state index is 0.0611. The van der Waals surface area contributed by atoms with Crippen LogP contribution in [0.5, 0.6) is 0 Å². The van der Waals surface area contributed by atoms with E-state index in [1.807, 2.05) is 6.07 Å². The number of benzene rings is 1. The van der Waals surface area contributed by atoms with Crippen LogP contribution in [0, 0.1) is 23.2 Å². The molecule has 0 atom stereocenters. The molecule has 1 aromatic carbocycles. The number of nitrogens with zero attached hydrogens (tertiary/aromatic N) is 1. The number of rotatable bonds is 1. The molecule has 0 aromatic heterocycles. The third-order valence-corrected chi connectivity index (χ3v) is 1.84. The zero-order chi connectivity index (χ0) is 11.3. The van der Waals surface area contributed by atoms with Gasteiger partial charge in [0.05, 0.1) is 18.1 Å². The van der Waals surface area contributed by atoms with Gasteiger partial charge in [-0.3, -0.25) is 0 Å². The van der Waals surface area contributed by atoms with Gasteiger partial charge in [0.15, 0.2) is 0 Å². The molecule has 0 aliphatic heterocycles. The second kappa shape index (κ2) is 5.05. The summed E-state index contributed by atoms with van der Waals surface area (Å²) in [5, 5.41) is 17.5. The lowest BCUT2D eigenvalue weighted by Crippen LogP contribution is -1.99. The molecule has 0 aliphatic rings. The fraction of sp³-hybridized carbons (Fsp3) is 0.0909. The normalized spacial score (nSPS) is 8.53. The van der Waals surface area contributed by atoms with Crippen LogP contribution in [0.4, 0.5) is 0 Å². The Hall–Kier alpha value is -1.97. The smallest absolute Gasteiger partial charge is 0.336 e. The summed E-state index contributed by atoms with van der Waals surface area (Å²) in [5.74, 6) is 4.08. The summed E-state index contributed by atoms with van der Waals surface area (Å²) in [6, 6.07) is 6.19. The van der Waals surface area contributed by atoms with Crippen molar-refractivity contribution >= 4 is 17.6 Å². The van der Waals surface area contributed by atoms with Crippen molar-refractivity contribution in [3.63, 3.8) is 0 Å². The predicted molar refractivity (Wildman–Crippen MR) is 55.5 cm³/mol. The minimum Gasteiger partial charge on any atom is -0.478 e. The Labute approximate surface area is 91.9 Å². The highest BCUT2D eigenvalue weighted by Crippen LogP contribution is 2.15. The largest absolute Gasteiger partial charge is 0.478 e. The highest BCUT2D eigenvalue weighted by atomic mass is 35.5. The van der Waals surface area contributed by atoms with E-state index in [2.05, 4.69) is 11.8 Å². The Kier molecular flexibility index (Phi) is 3.74. The van der Waals surface area contributed by atoms with Crippen LogP contribution in [0.25, 0.3) is 0 Å². The van der Waals surface area contributed by atoms with Crippen molar-refractivity contribution < 1.29 is 9.90 Å². The van der Waals surface area contributed by atoms with E-state index < -0.39 is 5.97 Å². The van der Waals surface area contributed by atoms with Gasteiger partial charge in [-0.2, -0.15) is 5.26 Å². The van der Waals surface area contributed by atoms with Crippen molar-refractivity contribution in [3.05, 3.63) is 34.3 Å². The van der Waals surface area contributed by atoms with Crippen molar-refractivity contribution in [2.75, 3.05) is 0 Å². The van der Waals surface area contributed by atoms with Gasteiger partial charge in [-0.1, -0.05) is 23.4 Å². The lowest BCUT2D eigenvalue weighted by molar-refractivity contribution is 0.0696. The first-order valence-corrected chi connectivity index (χ1v) is 4.41. The molecule has 1 aromatic rings. The van der Waals surface area contributed by atoms with Crippen LogP contribution < -0.4 is 0 Å². The Morgan fingerprint density at radius 1 is 1.53 bits per heavy atom. The fourth-order valence-corrected chi connectivity index (χ4v) is 1.16. The maximum atomic E-state index is 10.8. The number of nitriles is 1. The summed E-state index contributed by atoms with van der Waals surface area (Å²) >= 11 is 5.71. The van der Waals surface area contributed by atoms with Crippen LogP contribution in [0.1, 0.15) is 22.3 Å². The zero-order valence-corrected chi connectivity index (χ0v) is 8.38. The van der Waals surface area contributed by atoms with E-state index in [1.54, 1.807) is 0 Å². The first-order chi connectivity index (χ1) is 7.15. The zero-order valence-electron chi connectivity index (χ0n) is 7.62. The molecule has 0 radical (unpaired) electrons. The summed E-state index contributed by atoms with van der Waals surface area (Å²) in [5.41, 5.74) is 0.412. The van der Waals surface area contributed by atoms with Crippen LogP contribution in [0.15, 0.2) is 18.2 Å². The first-order valence-electron chi connectivity index (χ1n) is 4.04. The summed E-state index contributed by atoms with van der Waals surface area (Å²) in [6.45, 7) is 0. The van der Waals surface area contributed by atoms with E-state index in [0.29, 0.717) is 10.6 Å². The summed E-state index contributed by atoms with van der Waals surface area (Å²) in [7, 11) is 0. The summed E-state index contributed by atoms with van der Waals surface area (Å²) < 4.78 is 0. The average molecular weight is 220 g/mol. The third kappa shape index (κ3) is 3.02. The van der Waals surface area contributed by atoms with Crippen molar-refractivity contribution in [2.24, 2.45) is 0 Å². The number of carboxylic acids is 1. The second-order valence-electron chi connectivity index (χ2n) is 2.63. The van der Waals surface area contributed by atoms with Crippen LogP contribution in [-0.4, -0.2) is 11.1 Å². The lowest BCUT2D eigenvalue weighted by Gasteiger charge is -1.98. The van der Waals surface area contributed by atoms with Crippen molar-refractivity contribution in [1.82, 2.24) is 0 Å². The van der Waals surface area contributed by atoms with Gasteiger partial charge in [-0.25, -0.2) is 4.79 Å². The molecule has 74 valence electrons. The Bertz CT molecular complexity index is 492. The fourth-order valence-electron chi connectivity index (χ4n) is 0.985. The number of hydrogen-bond donors (Lipinski definition) is 1. The van der Waals surface area contributed by atoms with Gasteiger partial charge >= 0.3 is 5.97 Å². The molecule has 0 saturated carbocycles. The molecule has 4 heteroatoms. The third-order valence-electron chi connectivity index (χ3n) is 1.60. The van der Waals surface area contributed by atoms with Crippen LogP contribution in [0.3, 0.4) is 0 Å². The van der Waals surface area contributed by atoms with Crippen LogP contribution in [-0.2, 0) is 0 Å². The van der Waals surface area contributed by atoms with E-state index in [1.165, 1.54) is 18.2 Å².